The molecular formula is C12H12N2O3. The Bertz CT molecular complexity index is 477. The van der Waals surface area contributed by atoms with Gasteiger partial charge in [-0.1, -0.05) is 12.0 Å². The first-order valence-electron chi connectivity index (χ1n) is 4.90. The Hall–Kier alpha value is -2.48. The highest BCUT2D eigenvalue weighted by molar-refractivity contribution is 5.92. The number of hydrogen-bond donors (Lipinski definition) is 3. The fourth-order valence-corrected chi connectivity index (χ4v) is 1.11. The van der Waals surface area contributed by atoms with Gasteiger partial charge in [0.05, 0.1) is 0 Å². The van der Waals surface area contributed by atoms with Crippen LogP contribution in [0.15, 0.2) is 24.3 Å². The third-order valence-corrected chi connectivity index (χ3v) is 2.01. The predicted molar refractivity (Wildman–Crippen MR) is 63.6 cm³/mol. The van der Waals surface area contributed by atoms with Crippen LogP contribution in [0.4, 0.5) is 10.5 Å². The van der Waals surface area contributed by atoms with Crippen LogP contribution in [0.1, 0.15) is 12.5 Å². The zero-order chi connectivity index (χ0) is 12.8. The standard InChI is InChI=1S/C12H12N2O3/c1-3-9-5-4-6-10(7-9)14-12(17)13-8(2)11(15)16/h1,4-8H,2H3,(H,15,16)(H2,13,14,17)/t8-/m0/s1. The van der Waals surface area contributed by atoms with Crippen LogP contribution in [0.3, 0.4) is 0 Å². The number of nitrogens with one attached hydrogen (secondary N) is 2. The highest BCUT2D eigenvalue weighted by atomic mass is 16.4. The SMILES string of the molecule is C#Cc1cccc(NC(=O)N[C@@H](C)C(=O)O)c1. The van der Waals surface area contributed by atoms with Gasteiger partial charge in [0.15, 0.2) is 0 Å². The number of carboxylic acid groups (broad SMARTS) is 1. The lowest BCUT2D eigenvalue weighted by molar-refractivity contribution is -0.138. The molecule has 1 aromatic carbocycles. The lowest BCUT2D eigenvalue weighted by Gasteiger charge is -2.10. The Labute approximate surface area is 98.8 Å². The smallest absolute Gasteiger partial charge is 0.325 e. The fourth-order valence-electron chi connectivity index (χ4n) is 1.11. The van der Waals surface area contributed by atoms with E-state index in [0.717, 1.165) is 0 Å². The second kappa shape index (κ2) is 5.56. The van der Waals surface area contributed by atoms with Crippen molar-refractivity contribution in [3.63, 3.8) is 0 Å². The first-order chi connectivity index (χ1) is 8.02. The lowest BCUT2D eigenvalue weighted by Crippen LogP contribution is -2.40. The van der Waals surface area contributed by atoms with E-state index in [1.165, 1.54) is 6.92 Å². The molecule has 0 fully saturated rings. The van der Waals surface area contributed by atoms with Crippen LogP contribution in [0.5, 0.6) is 0 Å². The van der Waals surface area contributed by atoms with Crippen molar-refractivity contribution in [1.82, 2.24) is 5.32 Å². The molecule has 0 aliphatic heterocycles. The quantitative estimate of drug-likeness (QED) is 0.686. The summed E-state index contributed by atoms with van der Waals surface area (Å²) < 4.78 is 0. The summed E-state index contributed by atoms with van der Waals surface area (Å²) in [6.07, 6.45) is 5.21. The summed E-state index contributed by atoms with van der Waals surface area (Å²) in [5, 5.41) is 13.4. The summed E-state index contributed by atoms with van der Waals surface area (Å²) in [6.45, 7) is 1.37. The van der Waals surface area contributed by atoms with Gasteiger partial charge in [-0.25, -0.2) is 4.79 Å². The van der Waals surface area contributed by atoms with Gasteiger partial charge in [0.25, 0.3) is 0 Å². The number of anilines is 1. The second-order valence-corrected chi connectivity index (χ2v) is 3.38. The number of amides is 2. The van der Waals surface area contributed by atoms with E-state index < -0.39 is 18.0 Å². The van der Waals surface area contributed by atoms with Crippen LogP contribution in [-0.2, 0) is 4.79 Å². The average molecular weight is 232 g/mol. The molecule has 1 atom stereocenters. The fraction of sp³-hybridized carbons (Fsp3) is 0.167. The molecule has 0 radical (unpaired) electrons. The first kappa shape index (κ1) is 12.6. The third-order valence-electron chi connectivity index (χ3n) is 2.01. The molecule has 1 aromatic rings. The van der Waals surface area contributed by atoms with Crippen molar-refractivity contribution >= 4 is 17.7 Å². The highest BCUT2D eigenvalue weighted by Gasteiger charge is 2.13. The van der Waals surface area contributed by atoms with Crippen molar-refractivity contribution in [1.29, 1.82) is 0 Å². The molecule has 0 aliphatic carbocycles. The molecule has 5 nitrogen and oxygen atoms in total. The summed E-state index contributed by atoms with van der Waals surface area (Å²) in [4.78, 5) is 21.9. The zero-order valence-corrected chi connectivity index (χ0v) is 9.23. The molecule has 0 aliphatic rings. The minimum Gasteiger partial charge on any atom is -0.480 e. The maximum absolute atomic E-state index is 11.4. The number of carbonyl (C=O) groups is 2. The minimum atomic E-state index is -1.10. The molecule has 0 spiro atoms. The third kappa shape index (κ3) is 3.87. The largest absolute Gasteiger partial charge is 0.480 e. The number of rotatable bonds is 3. The molecule has 5 heteroatoms. The van der Waals surface area contributed by atoms with Crippen LogP contribution >= 0.6 is 0 Å². The van der Waals surface area contributed by atoms with E-state index >= 15 is 0 Å². The van der Waals surface area contributed by atoms with Gasteiger partial charge in [-0.15, -0.1) is 6.42 Å². The van der Waals surface area contributed by atoms with Gasteiger partial charge in [0, 0.05) is 11.3 Å². The van der Waals surface area contributed by atoms with E-state index in [1.54, 1.807) is 24.3 Å². The number of carboxylic acids is 1. The maximum atomic E-state index is 11.4. The van der Waals surface area contributed by atoms with Crippen LogP contribution in [-0.4, -0.2) is 23.1 Å². The topological polar surface area (TPSA) is 78.4 Å². The Morgan fingerprint density at radius 1 is 1.47 bits per heavy atom. The van der Waals surface area contributed by atoms with Gasteiger partial charge in [-0.2, -0.15) is 0 Å². The number of hydrogen-bond acceptors (Lipinski definition) is 2. The summed E-state index contributed by atoms with van der Waals surface area (Å²) >= 11 is 0. The van der Waals surface area contributed by atoms with Crippen molar-refractivity contribution in [3.8, 4) is 12.3 Å². The molecule has 0 unspecified atom stereocenters. The van der Waals surface area contributed by atoms with Crippen molar-refractivity contribution < 1.29 is 14.7 Å². The van der Waals surface area contributed by atoms with E-state index in [4.69, 9.17) is 11.5 Å². The predicted octanol–water partition coefficient (Wildman–Crippen LogP) is 1.26. The number of urea groups is 1. The van der Waals surface area contributed by atoms with Crippen molar-refractivity contribution in [2.75, 3.05) is 5.32 Å². The van der Waals surface area contributed by atoms with Gasteiger partial charge in [0.2, 0.25) is 0 Å². The van der Waals surface area contributed by atoms with E-state index in [-0.39, 0.29) is 0 Å². The highest BCUT2D eigenvalue weighted by Crippen LogP contribution is 2.09. The molecule has 0 saturated carbocycles. The number of carbonyl (C=O) groups excluding carboxylic acids is 1. The van der Waals surface area contributed by atoms with Crippen LogP contribution < -0.4 is 10.6 Å². The summed E-state index contributed by atoms with van der Waals surface area (Å²) in [7, 11) is 0. The molecule has 0 aromatic heterocycles. The van der Waals surface area contributed by atoms with E-state index in [0.29, 0.717) is 11.3 Å². The van der Waals surface area contributed by atoms with Gasteiger partial charge in [-0.3, -0.25) is 4.79 Å². The normalized spacial score (nSPS) is 11.1. The zero-order valence-electron chi connectivity index (χ0n) is 9.23. The van der Waals surface area contributed by atoms with Crippen molar-refractivity contribution in [2.24, 2.45) is 0 Å². The van der Waals surface area contributed by atoms with Gasteiger partial charge in [-0.05, 0) is 25.1 Å². The Morgan fingerprint density at radius 3 is 2.76 bits per heavy atom. The van der Waals surface area contributed by atoms with Gasteiger partial charge in [0.1, 0.15) is 6.04 Å². The molecule has 0 bridgehead atoms. The summed E-state index contributed by atoms with van der Waals surface area (Å²) in [5.74, 6) is 1.33. The Balaban J connectivity index is 2.62. The van der Waals surface area contributed by atoms with Crippen LogP contribution in [0.2, 0.25) is 0 Å². The lowest BCUT2D eigenvalue weighted by atomic mass is 10.2. The minimum absolute atomic E-state index is 0.510. The van der Waals surface area contributed by atoms with E-state index in [9.17, 15) is 9.59 Å². The van der Waals surface area contributed by atoms with E-state index in [1.807, 2.05) is 0 Å². The maximum Gasteiger partial charge on any atom is 0.325 e. The number of terminal acetylenes is 1. The number of aliphatic carboxylic acids is 1. The summed E-state index contributed by atoms with van der Waals surface area (Å²) in [6, 6.07) is 5.16. The second-order valence-electron chi connectivity index (χ2n) is 3.38. The van der Waals surface area contributed by atoms with Gasteiger partial charge < -0.3 is 15.7 Å². The van der Waals surface area contributed by atoms with E-state index in [2.05, 4.69) is 16.6 Å². The molecule has 0 heterocycles. The Morgan fingerprint density at radius 2 is 2.18 bits per heavy atom. The molecule has 0 saturated heterocycles. The molecule has 3 N–H and O–H groups in total. The molecule has 17 heavy (non-hydrogen) atoms. The molecular weight excluding hydrogens is 220 g/mol. The molecule has 1 rings (SSSR count). The summed E-state index contributed by atoms with van der Waals surface area (Å²) in [5.41, 5.74) is 1.14. The number of benzene rings is 1. The first-order valence-corrected chi connectivity index (χ1v) is 4.90. The average Bonchev–Trinajstić information content (AvgIpc) is 2.28. The van der Waals surface area contributed by atoms with Crippen molar-refractivity contribution in [3.05, 3.63) is 29.8 Å². The van der Waals surface area contributed by atoms with Crippen LogP contribution in [0, 0.1) is 12.3 Å². The molecule has 2 amide bonds. The van der Waals surface area contributed by atoms with Gasteiger partial charge >= 0.3 is 12.0 Å². The molecule has 88 valence electrons. The van der Waals surface area contributed by atoms with Crippen molar-refractivity contribution in [2.45, 2.75) is 13.0 Å². The monoisotopic (exact) mass is 232 g/mol. The van der Waals surface area contributed by atoms with Crippen LogP contribution in [0.25, 0.3) is 0 Å². The Kier molecular flexibility index (Phi) is 4.12.